The van der Waals surface area contributed by atoms with Crippen LogP contribution in [-0.2, 0) is 11.2 Å². The first-order chi connectivity index (χ1) is 10.7. The fourth-order valence-corrected chi connectivity index (χ4v) is 4.01. The average Bonchev–Trinajstić information content (AvgIpc) is 2.55. The highest BCUT2D eigenvalue weighted by molar-refractivity contribution is 5.76. The van der Waals surface area contributed by atoms with Crippen LogP contribution in [0.3, 0.4) is 0 Å². The fraction of sp³-hybridized carbons (Fsp3) is 0.667. The summed E-state index contributed by atoms with van der Waals surface area (Å²) < 4.78 is 0. The number of amides is 1. The van der Waals surface area contributed by atoms with Crippen LogP contribution >= 0.6 is 0 Å². The molecule has 1 amide bonds. The van der Waals surface area contributed by atoms with Crippen molar-refractivity contribution in [2.24, 2.45) is 5.92 Å². The van der Waals surface area contributed by atoms with E-state index in [1.807, 2.05) is 24.4 Å². The van der Waals surface area contributed by atoms with Gasteiger partial charge in [0.15, 0.2) is 0 Å². The Morgan fingerprint density at radius 3 is 3.05 bits per heavy atom. The number of hydrogen-bond acceptors (Lipinski definition) is 3. The van der Waals surface area contributed by atoms with Gasteiger partial charge < -0.3 is 9.80 Å². The first-order valence-electron chi connectivity index (χ1n) is 8.62. The molecule has 120 valence electrons. The molecule has 3 rings (SSSR count). The monoisotopic (exact) mass is 301 g/mol. The topological polar surface area (TPSA) is 36.4 Å². The van der Waals surface area contributed by atoms with Crippen LogP contribution in [0.4, 0.5) is 0 Å². The van der Waals surface area contributed by atoms with E-state index in [1.165, 1.54) is 12.8 Å². The van der Waals surface area contributed by atoms with Crippen LogP contribution in [0, 0.1) is 5.92 Å². The number of aromatic nitrogens is 1. The van der Waals surface area contributed by atoms with Crippen molar-refractivity contribution in [1.29, 1.82) is 0 Å². The summed E-state index contributed by atoms with van der Waals surface area (Å²) in [7, 11) is 2.20. The number of likely N-dealkylation sites (tertiary alicyclic amines) is 2. The molecule has 4 nitrogen and oxygen atoms in total. The first-order valence-corrected chi connectivity index (χ1v) is 8.62. The highest BCUT2D eigenvalue weighted by Gasteiger charge is 2.36. The molecule has 2 fully saturated rings. The van der Waals surface area contributed by atoms with Gasteiger partial charge in [0, 0.05) is 37.4 Å². The molecule has 0 spiro atoms. The molecule has 0 N–H and O–H groups in total. The number of rotatable bonds is 4. The average molecular weight is 301 g/mol. The Morgan fingerprint density at radius 2 is 2.23 bits per heavy atom. The van der Waals surface area contributed by atoms with Gasteiger partial charge in [-0.25, -0.2) is 0 Å². The molecular formula is C18H27N3O. The lowest BCUT2D eigenvalue weighted by molar-refractivity contribution is -0.138. The van der Waals surface area contributed by atoms with Crippen LogP contribution in [0.2, 0.25) is 0 Å². The van der Waals surface area contributed by atoms with Crippen molar-refractivity contribution < 1.29 is 4.79 Å². The lowest BCUT2D eigenvalue weighted by atomic mass is 9.84. The fourth-order valence-electron chi connectivity index (χ4n) is 4.01. The summed E-state index contributed by atoms with van der Waals surface area (Å²) in [5, 5.41) is 0. The zero-order chi connectivity index (χ0) is 15.4. The van der Waals surface area contributed by atoms with E-state index < -0.39 is 0 Å². The minimum Gasteiger partial charge on any atom is -0.339 e. The van der Waals surface area contributed by atoms with Gasteiger partial charge in [0.1, 0.15) is 0 Å². The zero-order valence-corrected chi connectivity index (χ0v) is 13.6. The highest BCUT2D eigenvalue weighted by atomic mass is 16.2. The number of hydrogen-bond donors (Lipinski definition) is 0. The lowest BCUT2D eigenvalue weighted by Crippen LogP contribution is -2.55. The SMILES string of the molecule is CN1CCC2C(CCCN2C(=O)CCCc2ccccn2)C1. The van der Waals surface area contributed by atoms with Gasteiger partial charge in [-0.15, -0.1) is 0 Å². The van der Waals surface area contributed by atoms with E-state index in [-0.39, 0.29) is 0 Å². The van der Waals surface area contributed by atoms with E-state index in [1.54, 1.807) is 0 Å². The second kappa shape index (κ2) is 7.23. The largest absolute Gasteiger partial charge is 0.339 e. The van der Waals surface area contributed by atoms with E-state index in [2.05, 4.69) is 21.8 Å². The Labute approximate surface area is 133 Å². The summed E-state index contributed by atoms with van der Waals surface area (Å²) in [5.41, 5.74) is 1.09. The van der Waals surface area contributed by atoms with Gasteiger partial charge in [0.05, 0.1) is 0 Å². The normalized spacial score (nSPS) is 25.8. The van der Waals surface area contributed by atoms with Crippen molar-refractivity contribution in [3.63, 3.8) is 0 Å². The summed E-state index contributed by atoms with van der Waals surface area (Å²) in [6.45, 7) is 3.24. The molecule has 0 bridgehead atoms. The molecule has 0 aromatic carbocycles. The summed E-state index contributed by atoms with van der Waals surface area (Å²) in [4.78, 5) is 21.6. The Bertz CT molecular complexity index is 490. The molecule has 0 saturated carbocycles. The zero-order valence-electron chi connectivity index (χ0n) is 13.6. The number of pyridine rings is 1. The third-order valence-corrected chi connectivity index (χ3v) is 5.14. The molecule has 0 aliphatic carbocycles. The predicted octanol–water partition coefficient (Wildman–Crippen LogP) is 2.35. The molecule has 22 heavy (non-hydrogen) atoms. The number of carbonyl (C=O) groups excluding carboxylic acids is 1. The van der Waals surface area contributed by atoms with E-state index in [0.717, 1.165) is 44.6 Å². The maximum absolute atomic E-state index is 12.6. The summed E-state index contributed by atoms with van der Waals surface area (Å²) >= 11 is 0. The van der Waals surface area contributed by atoms with E-state index in [4.69, 9.17) is 0 Å². The van der Waals surface area contributed by atoms with Crippen LogP contribution < -0.4 is 0 Å². The first kappa shape index (κ1) is 15.5. The Kier molecular flexibility index (Phi) is 5.08. The molecule has 2 aliphatic rings. The van der Waals surface area contributed by atoms with Gasteiger partial charge in [-0.1, -0.05) is 6.07 Å². The van der Waals surface area contributed by atoms with Gasteiger partial charge >= 0.3 is 0 Å². The maximum atomic E-state index is 12.6. The number of aryl methyl sites for hydroxylation is 1. The molecule has 3 heterocycles. The van der Waals surface area contributed by atoms with Crippen LogP contribution in [-0.4, -0.2) is 53.4 Å². The standard InChI is InChI=1S/C18H27N3O/c1-20-13-10-17-15(14-20)6-5-12-21(17)18(22)9-4-8-16-7-2-3-11-19-16/h2-3,7,11,15,17H,4-6,8-10,12-14H2,1H3. The minimum absolute atomic E-state index is 0.357. The quantitative estimate of drug-likeness (QED) is 0.856. The third-order valence-electron chi connectivity index (χ3n) is 5.14. The Morgan fingerprint density at radius 1 is 1.32 bits per heavy atom. The number of nitrogens with zero attached hydrogens (tertiary/aromatic N) is 3. The maximum Gasteiger partial charge on any atom is 0.222 e. The van der Waals surface area contributed by atoms with Gasteiger partial charge in [-0.05, 0) is 63.7 Å². The molecule has 2 aliphatic heterocycles. The predicted molar refractivity (Wildman–Crippen MR) is 87.5 cm³/mol. The number of fused-ring (bicyclic) bond motifs is 1. The van der Waals surface area contributed by atoms with Gasteiger partial charge in [0.2, 0.25) is 5.91 Å². The third kappa shape index (κ3) is 3.67. The second-order valence-electron chi connectivity index (χ2n) is 6.78. The van der Waals surface area contributed by atoms with Crippen LogP contribution in [0.5, 0.6) is 0 Å². The second-order valence-corrected chi connectivity index (χ2v) is 6.78. The molecule has 1 aromatic heterocycles. The minimum atomic E-state index is 0.357. The van der Waals surface area contributed by atoms with Crippen molar-refractivity contribution in [3.05, 3.63) is 30.1 Å². The Hall–Kier alpha value is -1.42. The molecule has 0 radical (unpaired) electrons. The summed E-state index contributed by atoms with van der Waals surface area (Å²) in [6.07, 6.45) is 7.89. The molecule has 4 heteroatoms. The van der Waals surface area contributed by atoms with Crippen molar-refractivity contribution in [2.45, 2.75) is 44.6 Å². The summed E-state index contributed by atoms with van der Waals surface area (Å²) in [5.74, 6) is 1.04. The van der Waals surface area contributed by atoms with Crippen LogP contribution in [0.25, 0.3) is 0 Å². The van der Waals surface area contributed by atoms with Crippen LogP contribution in [0.1, 0.15) is 37.8 Å². The van der Waals surface area contributed by atoms with Crippen molar-refractivity contribution in [2.75, 3.05) is 26.7 Å². The van der Waals surface area contributed by atoms with Crippen molar-refractivity contribution in [1.82, 2.24) is 14.8 Å². The number of carbonyl (C=O) groups is 1. The molecule has 2 unspecified atom stereocenters. The highest BCUT2D eigenvalue weighted by Crippen LogP contribution is 2.30. The summed E-state index contributed by atoms with van der Waals surface area (Å²) in [6, 6.07) is 6.48. The van der Waals surface area contributed by atoms with E-state index >= 15 is 0 Å². The number of piperidine rings is 2. The molecule has 2 saturated heterocycles. The van der Waals surface area contributed by atoms with Crippen molar-refractivity contribution >= 4 is 5.91 Å². The lowest BCUT2D eigenvalue weighted by Gasteiger charge is -2.46. The van der Waals surface area contributed by atoms with E-state index in [9.17, 15) is 4.79 Å². The van der Waals surface area contributed by atoms with Gasteiger partial charge in [-0.2, -0.15) is 0 Å². The smallest absolute Gasteiger partial charge is 0.222 e. The Balaban J connectivity index is 1.51. The van der Waals surface area contributed by atoms with E-state index in [0.29, 0.717) is 24.3 Å². The van der Waals surface area contributed by atoms with Gasteiger partial charge in [0.25, 0.3) is 0 Å². The van der Waals surface area contributed by atoms with Crippen LogP contribution in [0.15, 0.2) is 24.4 Å². The molecule has 1 aromatic rings. The molecular weight excluding hydrogens is 274 g/mol. The van der Waals surface area contributed by atoms with Crippen molar-refractivity contribution in [3.8, 4) is 0 Å². The van der Waals surface area contributed by atoms with Gasteiger partial charge in [-0.3, -0.25) is 9.78 Å². The molecule has 2 atom stereocenters.